The number of phosphoric ester groups is 1. The molecule has 1 unspecified atom stereocenters. The Labute approximate surface area is 92.5 Å². The summed E-state index contributed by atoms with van der Waals surface area (Å²) < 4.78 is 14.5. The lowest BCUT2D eigenvalue weighted by molar-refractivity contribution is -0.136. The summed E-state index contributed by atoms with van der Waals surface area (Å²) in [4.78, 5) is 27.0. The number of aliphatic carboxylic acids is 1. The molecule has 0 aromatic heterocycles. The number of carboxylic acids is 1. The number of hydrogen-bond donors (Lipinski definition) is 5. The van der Waals surface area contributed by atoms with E-state index in [1.807, 2.05) is 0 Å². The Morgan fingerprint density at radius 2 is 2.13 bits per heavy atom. The van der Waals surface area contributed by atoms with Crippen molar-refractivity contribution in [1.82, 2.24) is 5.32 Å². The van der Waals surface area contributed by atoms with E-state index in [0.29, 0.717) is 5.75 Å². The molecule has 0 heterocycles. The zero-order valence-electron chi connectivity index (χ0n) is 7.87. The van der Waals surface area contributed by atoms with Crippen LogP contribution in [0.15, 0.2) is 0 Å². The molecule has 90 valence electrons. The van der Waals surface area contributed by atoms with Crippen molar-refractivity contribution < 1.29 is 28.8 Å². The molecular formula is C6H14NO6PS. The maximum absolute atomic E-state index is 10.3. The first-order chi connectivity index (χ1) is 6.85. The smallest absolute Gasteiger partial charge is 0.469 e. The van der Waals surface area contributed by atoms with E-state index >= 15 is 0 Å². The molecule has 0 aliphatic heterocycles. The van der Waals surface area contributed by atoms with Crippen LogP contribution in [0.3, 0.4) is 0 Å². The minimum Gasteiger partial charge on any atom is -0.480 e. The summed E-state index contributed by atoms with van der Waals surface area (Å²) in [6.07, 6.45) is 0.280. The third-order valence-corrected chi connectivity index (χ3v) is 2.45. The van der Waals surface area contributed by atoms with Crippen molar-refractivity contribution in [2.24, 2.45) is 0 Å². The summed E-state index contributed by atoms with van der Waals surface area (Å²) in [5.41, 5.74) is 0. The van der Waals surface area contributed by atoms with Crippen molar-refractivity contribution in [3.05, 3.63) is 0 Å². The molecule has 4 N–H and O–H groups in total. The monoisotopic (exact) mass is 259 g/mol. The van der Waals surface area contributed by atoms with Gasteiger partial charge in [-0.25, -0.2) is 4.57 Å². The number of phosphoric acid groups is 1. The van der Waals surface area contributed by atoms with Crippen LogP contribution in [0, 0.1) is 0 Å². The molecule has 1 atom stereocenters. The van der Waals surface area contributed by atoms with Gasteiger partial charge in [-0.2, -0.15) is 12.6 Å². The van der Waals surface area contributed by atoms with Crippen LogP contribution in [-0.4, -0.2) is 45.8 Å². The van der Waals surface area contributed by atoms with E-state index in [1.54, 1.807) is 0 Å². The van der Waals surface area contributed by atoms with Gasteiger partial charge in [-0.3, -0.25) is 9.32 Å². The predicted octanol–water partition coefficient (Wildman–Crippen LogP) is -0.542. The maximum atomic E-state index is 10.3. The summed E-state index contributed by atoms with van der Waals surface area (Å²) in [5.74, 6) is -0.643. The minimum absolute atomic E-state index is 0.151. The van der Waals surface area contributed by atoms with E-state index in [0.717, 1.165) is 0 Å². The molecule has 0 aliphatic carbocycles. The molecule has 0 aliphatic rings. The second-order valence-corrected chi connectivity index (χ2v) is 4.37. The molecule has 0 aromatic carbocycles. The summed E-state index contributed by atoms with van der Waals surface area (Å²) in [5, 5.41) is 11.0. The average molecular weight is 259 g/mol. The summed E-state index contributed by atoms with van der Waals surface area (Å²) in [6, 6.07) is -0.254. The predicted molar refractivity (Wildman–Crippen MR) is 55.9 cm³/mol. The van der Waals surface area contributed by atoms with Crippen LogP contribution >= 0.6 is 20.5 Å². The van der Waals surface area contributed by atoms with Crippen LogP contribution in [0.1, 0.15) is 6.42 Å². The third-order valence-electron chi connectivity index (χ3n) is 1.49. The SMILES string of the molecule is O=C(O)CNC(CS)CCOP(=O)(O)O. The second kappa shape index (κ2) is 7.21. The molecule has 0 rings (SSSR count). The van der Waals surface area contributed by atoms with Crippen molar-refractivity contribution in [1.29, 1.82) is 0 Å². The summed E-state index contributed by atoms with van der Waals surface area (Å²) in [7, 11) is -4.44. The van der Waals surface area contributed by atoms with Crippen LogP contribution in [0.5, 0.6) is 0 Å². The lowest BCUT2D eigenvalue weighted by Crippen LogP contribution is -2.35. The highest BCUT2D eigenvalue weighted by molar-refractivity contribution is 7.80. The van der Waals surface area contributed by atoms with Crippen molar-refractivity contribution >= 4 is 26.4 Å². The van der Waals surface area contributed by atoms with Gasteiger partial charge in [-0.05, 0) is 6.42 Å². The van der Waals surface area contributed by atoms with Crippen LogP contribution in [0.2, 0.25) is 0 Å². The molecule has 7 nitrogen and oxygen atoms in total. The zero-order chi connectivity index (χ0) is 11.9. The van der Waals surface area contributed by atoms with E-state index in [4.69, 9.17) is 14.9 Å². The highest BCUT2D eigenvalue weighted by Gasteiger charge is 2.15. The van der Waals surface area contributed by atoms with Gasteiger partial charge in [0.05, 0.1) is 13.2 Å². The Bertz CT molecular complexity index is 244. The molecule has 0 fully saturated rings. The van der Waals surface area contributed by atoms with Crippen molar-refractivity contribution in [3.63, 3.8) is 0 Å². The minimum atomic E-state index is -4.44. The van der Waals surface area contributed by atoms with E-state index in [9.17, 15) is 9.36 Å². The Hall–Kier alpha value is -0.110. The van der Waals surface area contributed by atoms with E-state index < -0.39 is 13.8 Å². The normalized spacial score (nSPS) is 13.8. The molecule has 0 saturated carbocycles. The lowest BCUT2D eigenvalue weighted by Gasteiger charge is -2.15. The fraction of sp³-hybridized carbons (Fsp3) is 0.833. The molecule has 0 radical (unpaired) electrons. The quantitative estimate of drug-likeness (QED) is 0.293. The molecular weight excluding hydrogens is 245 g/mol. The number of thiol groups is 1. The van der Waals surface area contributed by atoms with Crippen molar-refractivity contribution in [3.8, 4) is 0 Å². The first kappa shape index (κ1) is 14.9. The largest absolute Gasteiger partial charge is 0.480 e. The van der Waals surface area contributed by atoms with E-state index in [1.165, 1.54) is 0 Å². The molecule has 0 amide bonds. The van der Waals surface area contributed by atoms with Crippen molar-refractivity contribution in [2.45, 2.75) is 12.5 Å². The number of rotatable bonds is 8. The Kier molecular flexibility index (Phi) is 7.16. The van der Waals surface area contributed by atoms with Crippen LogP contribution < -0.4 is 5.32 Å². The van der Waals surface area contributed by atoms with E-state index in [-0.39, 0.29) is 25.6 Å². The van der Waals surface area contributed by atoms with Gasteiger partial charge in [0.1, 0.15) is 0 Å². The molecule has 15 heavy (non-hydrogen) atoms. The fourth-order valence-corrected chi connectivity index (χ4v) is 1.46. The van der Waals surface area contributed by atoms with Gasteiger partial charge < -0.3 is 20.2 Å². The van der Waals surface area contributed by atoms with E-state index in [2.05, 4.69) is 22.5 Å². The Morgan fingerprint density at radius 1 is 1.53 bits per heavy atom. The number of carboxylic acid groups (broad SMARTS) is 1. The Balaban J connectivity index is 3.71. The van der Waals surface area contributed by atoms with Gasteiger partial charge in [0.15, 0.2) is 0 Å². The highest BCUT2D eigenvalue weighted by Crippen LogP contribution is 2.35. The van der Waals surface area contributed by atoms with Crippen LogP contribution in [-0.2, 0) is 13.9 Å². The molecule has 0 bridgehead atoms. The van der Waals surface area contributed by atoms with Gasteiger partial charge >= 0.3 is 13.8 Å². The first-order valence-corrected chi connectivity index (χ1v) is 6.27. The number of hydrogen-bond acceptors (Lipinski definition) is 5. The molecule has 0 spiro atoms. The lowest BCUT2D eigenvalue weighted by atomic mass is 10.2. The van der Waals surface area contributed by atoms with Crippen LogP contribution in [0.25, 0.3) is 0 Å². The maximum Gasteiger partial charge on any atom is 0.469 e. The standard InChI is InChI=1S/C6H14NO6PS/c8-6(9)3-7-5(4-15)1-2-13-14(10,11)12/h5,7,15H,1-4H2,(H,8,9)(H2,10,11,12). The molecule has 0 saturated heterocycles. The first-order valence-electron chi connectivity index (χ1n) is 4.11. The summed E-state index contributed by atoms with van der Waals surface area (Å²) in [6.45, 7) is -0.372. The fourth-order valence-electron chi connectivity index (χ4n) is 0.803. The van der Waals surface area contributed by atoms with Gasteiger partial charge in [0.2, 0.25) is 0 Å². The van der Waals surface area contributed by atoms with Gasteiger partial charge in [0, 0.05) is 11.8 Å². The van der Waals surface area contributed by atoms with Crippen LogP contribution in [0.4, 0.5) is 0 Å². The third kappa shape index (κ3) is 10.2. The molecule has 9 heteroatoms. The summed E-state index contributed by atoms with van der Waals surface area (Å²) >= 11 is 3.96. The zero-order valence-corrected chi connectivity index (χ0v) is 9.66. The number of carbonyl (C=O) groups is 1. The second-order valence-electron chi connectivity index (χ2n) is 2.77. The van der Waals surface area contributed by atoms with Gasteiger partial charge in [-0.15, -0.1) is 0 Å². The number of nitrogens with one attached hydrogen (secondary N) is 1. The van der Waals surface area contributed by atoms with Crippen molar-refractivity contribution in [2.75, 3.05) is 18.9 Å². The van der Waals surface area contributed by atoms with Gasteiger partial charge in [-0.1, -0.05) is 0 Å². The Morgan fingerprint density at radius 3 is 2.53 bits per heavy atom. The molecule has 0 aromatic rings. The highest BCUT2D eigenvalue weighted by atomic mass is 32.1. The average Bonchev–Trinajstić information content (AvgIpc) is 2.08. The topological polar surface area (TPSA) is 116 Å². The van der Waals surface area contributed by atoms with Gasteiger partial charge in [0.25, 0.3) is 0 Å².